The lowest BCUT2D eigenvalue weighted by atomic mass is 10.1. The fraction of sp³-hybridized carbons (Fsp3) is 0.100. The van der Waals surface area contributed by atoms with E-state index in [9.17, 15) is 4.79 Å². The van der Waals surface area contributed by atoms with Crippen LogP contribution in [0.2, 0.25) is 0 Å². The normalized spacial score (nSPS) is 22.3. The Hall–Kier alpha value is -1.77. The first kappa shape index (κ1) is 9.32. The Morgan fingerprint density at radius 1 is 1.23 bits per heavy atom. The number of carbonyl (C=O) groups is 1. The fourth-order valence-corrected chi connectivity index (χ4v) is 1.08. The van der Waals surface area contributed by atoms with Gasteiger partial charge in [0, 0.05) is 12.2 Å². The van der Waals surface area contributed by atoms with Gasteiger partial charge in [0.25, 0.3) is 0 Å². The summed E-state index contributed by atoms with van der Waals surface area (Å²) in [6.45, 7) is 7.70. The van der Waals surface area contributed by atoms with Gasteiger partial charge in [-0.2, -0.15) is 0 Å². The van der Waals surface area contributed by atoms with E-state index in [1.54, 1.807) is 18.2 Å². The number of hydrogen-bond acceptors (Lipinski definition) is 1. The highest BCUT2D eigenvalue weighted by molar-refractivity contribution is 5.79. The zero-order valence-corrected chi connectivity index (χ0v) is 7.34. The Bertz CT molecular complexity index is 300. The van der Waals surface area contributed by atoms with Crippen LogP contribution < -0.4 is 10.6 Å². The van der Waals surface area contributed by atoms with Gasteiger partial charge in [0.2, 0.25) is 0 Å². The van der Waals surface area contributed by atoms with E-state index in [-0.39, 0.29) is 6.03 Å². The molecule has 0 atom stereocenters. The lowest BCUT2D eigenvalue weighted by molar-refractivity contribution is 0.242. The van der Waals surface area contributed by atoms with E-state index < -0.39 is 0 Å². The highest BCUT2D eigenvalue weighted by atomic mass is 16.2. The molecule has 1 fully saturated rings. The molecule has 2 N–H and O–H groups in total. The molecule has 0 aliphatic carbocycles. The van der Waals surface area contributed by atoms with Crippen molar-refractivity contribution in [3.63, 3.8) is 0 Å². The lowest BCUT2D eigenvalue weighted by Gasteiger charge is -2.19. The molecule has 0 radical (unpaired) electrons. The van der Waals surface area contributed by atoms with Crippen LogP contribution in [-0.4, -0.2) is 12.6 Å². The first-order valence-corrected chi connectivity index (χ1v) is 3.97. The van der Waals surface area contributed by atoms with Crippen molar-refractivity contribution >= 4 is 6.03 Å². The van der Waals surface area contributed by atoms with E-state index in [2.05, 4.69) is 23.8 Å². The summed E-state index contributed by atoms with van der Waals surface area (Å²) in [6, 6.07) is -0.186. The Balaban J connectivity index is 2.90. The van der Waals surface area contributed by atoms with Gasteiger partial charge in [-0.15, -0.1) is 0 Å². The van der Waals surface area contributed by atoms with E-state index in [1.807, 2.05) is 6.08 Å². The zero-order chi connectivity index (χ0) is 9.68. The summed E-state index contributed by atoms with van der Waals surface area (Å²) in [6.07, 6.45) is 6.93. The van der Waals surface area contributed by atoms with Crippen molar-refractivity contribution in [2.75, 3.05) is 6.54 Å². The summed E-state index contributed by atoms with van der Waals surface area (Å²) in [5, 5.41) is 5.34. The van der Waals surface area contributed by atoms with Crippen molar-refractivity contribution in [1.29, 1.82) is 0 Å². The molecule has 1 heterocycles. The highest BCUT2D eigenvalue weighted by Gasteiger charge is 2.14. The molecule has 13 heavy (non-hydrogen) atoms. The lowest BCUT2D eigenvalue weighted by Crippen LogP contribution is -2.42. The van der Waals surface area contributed by atoms with Crippen LogP contribution in [0, 0.1) is 0 Å². The summed E-state index contributed by atoms with van der Waals surface area (Å²) < 4.78 is 0. The summed E-state index contributed by atoms with van der Waals surface area (Å²) in [5.41, 5.74) is 1.77. The first-order valence-electron chi connectivity index (χ1n) is 3.97. The molecule has 68 valence electrons. The molecule has 3 nitrogen and oxygen atoms in total. The highest BCUT2D eigenvalue weighted by Crippen LogP contribution is 2.09. The molecule has 1 saturated heterocycles. The average Bonchev–Trinajstić information content (AvgIpc) is 2.10. The minimum absolute atomic E-state index is 0.186. The number of allylic oxidation sites excluding steroid dienone is 4. The third kappa shape index (κ3) is 2.33. The molecule has 0 saturated carbocycles. The van der Waals surface area contributed by atoms with Crippen molar-refractivity contribution in [3.05, 3.63) is 48.7 Å². The number of urea groups is 1. The van der Waals surface area contributed by atoms with E-state index in [0.29, 0.717) is 6.54 Å². The Morgan fingerprint density at radius 3 is 2.54 bits per heavy atom. The number of rotatable bonds is 2. The molecular weight excluding hydrogens is 164 g/mol. The van der Waals surface area contributed by atoms with Gasteiger partial charge in [-0.25, -0.2) is 4.79 Å². The minimum atomic E-state index is -0.186. The molecule has 1 aliphatic rings. The van der Waals surface area contributed by atoms with Crippen molar-refractivity contribution in [3.8, 4) is 0 Å². The molecular formula is C10H12N2O. The second-order valence-electron chi connectivity index (χ2n) is 2.55. The largest absolute Gasteiger partial charge is 0.334 e. The van der Waals surface area contributed by atoms with Crippen LogP contribution in [-0.2, 0) is 0 Å². The first-order chi connectivity index (χ1) is 6.27. The maximum absolute atomic E-state index is 10.9. The van der Waals surface area contributed by atoms with Crippen LogP contribution in [0.4, 0.5) is 4.79 Å². The molecule has 1 aliphatic heterocycles. The molecule has 0 aromatic carbocycles. The molecule has 0 aromatic rings. The van der Waals surface area contributed by atoms with Gasteiger partial charge in [0.15, 0.2) is 0 Å². The monoisotopic (exact) mass is 176 g/mol. The van der Waals surface area contributed by atoms with Gasteiger partial charge in [0.05, 0.1) is 0 Å². The van der Waals surface area contributed by atoms with E-state index >= 15 is 0 Å². The molecule has 0 bridgehead atoms. The topological polar surface area (TPSA) is 41.1 Å². The molecule has 0 spiro atoms. The second kappa shape index (κ2) is 4.30. The molecule has 3 heteroatoms. The van der Waals surface area contributed by atoms with Gasteiger partial charge < -0.3 is 10.6 Å². The van der Waals surface area contributed by atoms with Gasteiger partial charge >= 0.3 is 6.03 Å². The van der Waals surface area contributed by atoms with Crippen LogP contribution in [0.15, 0.2) is 48.7 Å². The van der Waals surface area contributed by atoms with E-state index in [1.165, 1.54) is 0 Å². The van der Waals surface area contributed by atoms with Crippen molar-refractivity contribution in [1.82, 2.24) is 10.6 Å². The third-order valence-corrected chi connectivity index (χ3v) is 1.64. The van der Waals surface area contributed by atoms with Crippen molar-refractivity contribution in [2.45, 2.75) is 0 Å². The van der Waals surface area contributed by atoms with E-state index in [0.717, 1.165) is 11.3 Å². The van der Waals surface area contributed by atoms with Crippen LogP contribution in [0.1, 0.15) is 0 Å². The number of amides is 2. The zero-order valence-electron chi connectivity index (χ0n) is 7.34. The minimum Gasteiger partial charge on any atom is -0.334 e. The van der Waals surface area contributed by atoms with Crippen molar-refractivity contribution < 1.29 is 4.79 Å². The van der Waals surface area contributed by atoms with Gasteiger partial charge in [0.1, 0.15) is 0 Å². The summed E-state index contributed by atoms with van der Waals surface area (Å²) in [5.74, 6) is 0. The summed E-state index contributed by atoms with van der Waals surface area (Å²) in [4.78, 5) is 10.9. The summed E-state index contributed by atoms with van der Waals surface area (Å²) >= 11 is 0. The Morgan fingerprint density at radius 2 is 1.92 bits per heavy atom. The van der Waals surface area contributed by atoms with Crippen LogP contribution >= 0.6 is 0 Å². The fourth-order valence-electron chi connectivity index (χ4n) is 1.08. The van der Waals surface area contributed by atoms with E-state index in [4.69, 9.17) is 0 Å². The van der Waals surface area contributed by atoms with Crippen LogP contribution in [0.3, 0.4) is 0 Å². The number of hydrogen-bond donors (Lipinski definition) is 2. The number of carbonyl (C=O) groups excluding carboxylic acids is 1. The van der Waals surface area contributed by atoms with Crippen LogP contribution in [0.5, 0.6) is 0 Å². The Labute approximate surface area is 77.5 Å². The molecule has 1 rings (SSSR count). The third-order valence-electron chi connectivity index (χ3n) is 1.64. The van der Waals surface area contributed by atoms with Crippen molar-refractivity contribution in [2.24, 2.45) is 0 Å². The van der Waals surface area contributed by atoms with Gasteiger partial charge in [-0.3, -0.25) is 0 Å². The standard InChI is InChI=1S/C10H12N2O/c1-3-5-8-7-11-10(13)12-9(8)6-4-2/h3-6H,1-2,7H2,(H2,11,12,13)/b8-5-,9-6+. The van der Waals surface area contributed by atoms with Crippen LogP contribution in [0.25, 0.3) is 0 Å². The Kier molecular flexibility index (Phi) is 3.09. The van der Waals surface area contributed by atoms with Gasteiger partial charge in [-0.1, -0.05) is 31.4 Å². The SMILES string of the molecule is C=C/C=C1/CNC(=O)N/C1=C/C=C. The molecule has 2 amide bonds. The number of nitrogens with one attached hydrogen (secondary N) is 2. The van der Waals surface area contributed by atoms with Gasteiger partial charge in [-0.05, 0) is 11.6 Å². The maximum atomic E-state index is 10.9. The smallest absolute Gasteiger partial charge is 0.319 e. The summed E-state index contributed by atoms with van der Waals surface area (Å²) in [7, 11) is 0. The average molecular weight is 176 g/mol. The molecule has 0 aromatic heterocycles. The predicted octanol–water partition coefficient (Wildman–Crippen LogP) is 1.48. The predicted molar refractivity (Wildman–Crippen MR) is 53.1 cm³/mol. The maximum Gasteiger partial charge on any atom is 0.319 e. The second-order valence-corrected chi connectivity index (χ2v) is 2.55. The molecule has 0 unspecified atom stereocenters. The quantitative estimate of drug-likeness (QED) is 0.657.